The van der Waals surface area contributed by atoms with Crippen molar-refractivity contribution in [1.82, 2.24) is 5.32 Å². The summed E-state index contributed by atoms with van der Waals surface area (Å²) in [5.74, 6) is -0.0546. The van der Waals surface area contributed by atoms with Crippen LogP contribution in [-0.4, -0.2) is 18.5 Å². The van der Waals surface area contributed by atoms with Crippen LogP contribution in [0.1, 0.15) is 24.8 Å². The van der Waals surface area contributed by atoms with Gasteiger partial charge in [-0.2, -0.15) is 0 Å². The van der Waals surface area contributed by atoms with E-state index in [1.54, 1.807) is 12.1 Å². The van der Waals surface area contributed by atoms with Crippen LogP contribution in [0.3, 0.4) is 0 Å². The smallest absolute Gasteiger partial charge is 0.223 e. The number of nitrogens with one attached hydrogen (secondary N) is 1. The van der Waals surface area contributed by atoms with E-state index in [9.17, 15) is 9.18 Å². The van der Waals surface area contributed by atoms with Crippen molar-refractivity contribution in [3.8, 4) is 0 Å². The molecule has 0 radical (unpaired) electrons. The average Bonchev–Trinajstić information content (AvgIpc) is 2.78. The van der Waals surface area contributed by atoms with Gasteiger partial charge in [0.25, 0.3) is 0 Å². The highest BCUT2D eigenvalue weighted by molar-refractivity contribution is 5.85. The number of hydrogen-bond donors (Lipinski definition) is 2. The molecule has 1 aliphatic rings. The number of rotatable bonds is 4. The molecule has 2 unspecified atom stereocenters. The zero-order valence-corrected chi connectivity index (χ0v) is 11.6. The molecule has 0 heterocycles. The van der Waals surface area contributed by atoms with E-state index >= 15 is 0 Å². The Bertz CT molecular complexity index is 410. The molecule has 3 nitrogen and oxygen atoms in total. The van der Waals surface area contributed by atoms with Crippen LogP contribution in [0.2, 0.25) is 0 Å². The van der Waals surface area contributed by atoms with Gasteiger partial charge in [-0.05, 0) is 43.4 Å². The van der Waals surface area contributed by atoms with Crippen LogP contribution in [0.5, 0.6) is 0 Å². The molecule has 5 heteroatoms. The molecular formula is C14H20ClFN2O. The van der Waals surface area contributed by atoms with Gasteiger partial charge in [-0.3, -0.25) is 4.79 Å². The van der Waals surface area contributed by atoms with Crippen LogP contribution < -0.4 is 11.1 Å². The molecule has 1 fully saturated rings. The van der Waals surface area contributed by atoms with Crippen molar-refractivity contribution in [2.45, 2.75) is 31.7 Å². The number of amides is 1. The lowest BCUT2D eigenvalue weighted by Gasteiger charge is -2.10. The molecule has 0 bridgehead atoms. The van der Waals surface area contributed by atoms with Crippen LogP contribution in [0.4, 0.5) is 4.39 Å². The summed E-state index contributed by atoms with van der Waals surface area (Å²) in [6.07, 6.45) is 3.35. The van der Waals surface area contributed by atoms with Crippen molar-refractivity contribution < 1.29 is 9.18 Å². The molecule has 2 rings (SSSR count). The van der Waals surface area contributed by atoms with Crippen molar-refractivity contribution in [3.63, 3.8) is 0 Å². The standard InChI is InChI=1S/C14H19FN2O.ClH/c15-12-4-1-10(2-5-12)7-8-17-14(18)11-3-6-13(16)9-11;/h1-2,4-5,11,13H,3,6-9,16H2,(H,17,18);1H. The fourth-order valence-corrected chi connectivity index (χ4v) is 2.38. The quantitative estimate of drug-likeness (QED) is 0.890. The Hall–Kier alpha value is -1.13. The fourth-order valence-electron chi connectivity index (χ4n) is 2.38. The van der Waals surface area contributed by atoms with E-state index in [1.807, 2.05) is 0 Å². The van der Waals surface area contributed by atoms with E-state index in [0.717, 1.165) is 31.2 Å². The summed E-state index contributed by atoms with van der Waals surface area (Å²) < 4.78 is 12.7. The lowest BCUT2D eigenvalue weighted by atomic mass is 10.1. The van der Waals surface area contributed by atoms with Crippen LogP contribution in [0.15, 0.2) is 24.3 Å². The third-order valence-corrected chi connectivity index (χ3v) is 3.47. The number of carbonyl (C=O) groups is 1. The first-order valence-corrected chi connectivity index (χ1v) is 6.43. The zero-order valence-electron chi connectivity index (χ0n) is 10.8. The van der Waals surface area contributed by atoms with Crippen molar-refractivity contribution in [2.24, 2.45) is 11.7 Å². The molecule has 0 saturated heterocycles. The van der Waals surface area contributed by atoms with Gasteiger partial charge in [0.2, 0.25) is 5.91 Å². The van der Waals surface area contributed by atoms with Crippen molar-refractivity contribution >= 4 is 18.3 Å². The third-order valence-electron chi connectivity index (χ3n) is 3.47. The van der Waals surface area contributed by atoms with Gasteiger partial charge in [0, 0.05) is 18.5 Å². The van der Waals surface area contributed by atoms with Crippen LogP contribution in [-0.2, 0) is 11.2 Å². The van der Waals surface area contributed by atoms with E-state index in [4.69, 9.17) is 5.73 Å². The van der Waals surface area contributed by atoms with E-state index in [0.29, 0.717) is 6.54 Å². The van der Waals surface area contributed by atoms with E-state index in [-0.39, 0.29) is 36.1 Å². The largest absolute Gasteiger partial charge is 0.356 e. The van der Waals surface area contributed by atoms with Gasteiger partial charge < -0.3 is 11.1 Å². The molecular weight excluding hydrogens is 267 g/mol. The second kappa shape index (κ2) is 7.46. The first-order chi connectivity index (χ1) is 8.65. The minimum Gasteiger partial charge on any atom is -0.356 e. The molecule has 19 heavy (non-hydrogen) atoms. The molecule has 1 aliphatic carbocycles. The van der Waals surface area contributed by atoms with Gasteiger partial charge in [-0.15, -0.1) is 12.4 Å². The fraction of sp³-hybridized carbons (Fsp3) is 0.500. The maximum Gasteiger partial charge on any atom is 0.223 e. The Morgan fingerprint density at radius 1 is 1.32 bits per heavy atom. The van der Waals surface area contributed by atoms with Gasteiger partial charge in [0.15, 0.2) is 0 Å². The Kier molecular flexibility index (Phi) is 6.25. The highest BCUT2D eigenvalue weighted by Crippen LogP contribution is 2.23. The Morgan fingerprint density at radius 2 is 2.00 bits per heavy atom. The van der Waals surface area contributed by atoms with Crippen LogP contribution in [0, 0.1) is 11.7 Å². The lowest BCUT2D eigenvalue weighted by molar-refractivity contribution is -0.124. The van der Waals surface area contributed by atoms with Gasteiger partial charge in [-0.25, -0.2) is 4.39 Å². The summed E-state index contributed by atoms with van der Waals surface area (Å²) >= 11 is 0. The topological polar surface area (TPSA) is 55.1 Å². The van der Waals surface area contributed by atoms with Crippen LogP contribution >= 0.6 is 12.4 Å². The Labute approximate surface area is 119 Å². The monoisotopic (exact) mass is 286 g/mol. The molecule has 3 N–H and O–H groups in total. The average molecular weight is 287 g/mol. The molecule has 1 aromatic rings. The first-order valence-electron chi connectivity index (χ1n) is 6.43. The second-order valence-electron chi connectivity index (χ2n) is 4.94. The van der Waals surface area contributed by atoms with Gasteiger partial charge in [0.05, 0.1) is 0 Å². The molecule has 2 atom stereocenters. The Morgan fingerprint density at radius 3 is 2.58 bits per heavy atom. The Balaban J connectivity index is 0.00000180. The normalized spacial score (nSPS) is 21.8. The molecule has 1 aromatic carbocycles. The molecule has 1 saturated carbocycles. The van der Waals surface area contributed by atoms with Crippen LogP contribution in [0.25, 0.3) is 0 Å². The highest BCUT2D eigenvalue weighted by atomic mass is 35.5. The van der Waals surface area contributed by atoms with Crippen molar-refractivity contribution in [1.29, 1.82) is 0 Å². The van der Waals surface area contributed by atoms with E-state index in [2.05, 4.69) is 5.32 Å². The summed E-state index contributed by atoms with van der Waals surface area (Å²) in [4.78, 5) is 11.8. The SMILES string of the molecule is Cl.NC1CCC(C(=O)NCCc2ccc(F)cc2)C1. The molecule has 106 valence electrons. The maximum absolute atomic E-state index is 12.7. The minimum absolute atomic E-state index is 0. The second-order valence-corrected chi connectivity index (χ2v) is 4.94. The minimum atomic E-state index is -0.234. The number of carbonyl (C=O) groups excluding carboxylic acids is 1. The summed E-state index contributed by atoms with van der Waals surface area (Å²) in [7, 11) is 0. The molecule has 0 aromatic heterocycles. The third kappa shape index (κ3) is 4.80. The van der Waals surface area contributed by atoms with Gasteiger partial charge in [-0.1, -0.05) is 12.1 Å². The van der Waals surface area contributed by atoms with Gasteiger partial charge >= 0.3 is 0 Å². The summed E-state index contributed by atoms with van der Waals surface area (Å²) in [5.41, 5.74) is 6.81. The first kappa shape index (κ1) is 15.9. The molecule has 0 aliphatic heterocycles. The highest BCUT2D eigenvalue weighted by Gasteiger charge is 2.27. The number of hydrogen-bond acceptors (Lipinski definition) is 2. The van der Waals surface area contributed by atoms with E-state index in [1.165, 1.54) is 12.1 Å². The number of nitrogens with two attached hydrogens (primary N) is 1. The summed E-state index contributed by atoms with van der Waals surface area (Å²) in [5, 5.41) is 2.92. The van der Waals surface area contributed by atoms with Crippen molar-refractivity contribution in [3.05, 3.63) is 35.6 Å². The predicted molar refractivity (Wildman–Crippen MR) is 75.7 cm³/mol. The maximum atomic E-state index is 12.7. The summed E-state index contributed by atoms with van der Waals surface area (Å²) in [6.45, 7) is 0.593. The van der Waals surface area contributed by atoms with Gasteiger partial charge in [0.1, 0.15) is 5.82 Å². The molecule has 0 spiro atoms. The lowest BCUT2D eigenvalue weighted by Crippen LogP contribution is -2.31. The zero-order chi connectivity index (χ0) is 13.0. The predicted octanol–water partition coefficient (Wildman–Crippen LogP) is 2.03. The number of benzene rings is 1. The van der Waals surface area contributed by atoms with E-state index < -0.39 is 0 Å². The number of halogens is 2. The van der Waals surface area contributed by atoms with Crippen molar-refractivity contribution in [2.75, 3.05) is 6.54 Å². The summed E-state index contributed by atoms with van der Waals surface area (Å²) in [6, 6.07) is 6.54. The molecule has 1 amide bonds.